The predicted molar refractivity (Wildman–Crippen MR) is 87.4 cm³/mol. The van der Waals surface area contributed by atoms with Gasteiger partial charge in [0.2, 0.25) is 0 Å². The van der Waals surface area contributed by atoms with Crippen molar-refractivity contribution in [3.63, 3.8) is 0 Å². The first-order chi connectivity index (χ1) is 9.86. The zero-order valence-corrected chi connectivity index (χ0v) is 13.4. The van der Waals surface area contributed by atoms with Crippen molar-refractivity contribution >= 4 is 12.4 Å². The Morgan fingerprint density at radius 2 is 1.71 bits per heavy atom. The van der Waals surface area contributed by atoms with Crippen LogP contribution >= 0.6 is 12.4 Å². The summed E-state index contributed by atoms with van der Waals surface area (Å²) < 4.78 is 14.3. The lowest BCUT2D eigenvalue weighted by molar-refractivity contribution is 0.101. The van der Waals surface area contributed by atoms with E-state index in [-0.39, 0.29) is 24.3 Å². The van der Waals surface area contributed by atoms with Crippen molar-refractivity contribution in [1.29, 1.82) is 0 Å². The van der Waals surface area contributed by atoms with Gasteiger partial charge < -0.3 is 5.32 Å². The maximum atomic E-state index is 14.3. The number of rotatable bonds is 3. The minimum Gasteiger partial charge on any atom is -0.314 e. The Bertz CT molecular complexity index is 411. The van der Waals surface area contributed by atoms with E-state index in [9.17, 15) is 4.39 Å². The number of piperazine rings is 1. The van der Waals surface area contributed by atoms with Gasteiger partial charge in [0.1, 0.15) is 5.82 Å². The minimum absolute atomic E-state index is 0. The van der Waals surface area contributed by atoms with Gasteiger partial charge in [0, 0.05) is 37.8 Å². The second-order valence-corrected chi connectivity index (χ2v) is 6.15. The van der Waals surface area contributed by atoms with Crippen molar-refractivity contribution in [1.82, 2.24) is 10.2 Å². The SMILES string of the molecule is Cl.Fc1ccccc1[C@H](C1CCCCC1)N1CCNCC1. The first kappa shape index (κ1) is 16.7. The molecule has 0 spiro atoms. The zero-order valence-electron chi connectivity index (χ0n) is 12.6. The molecule has 4 heteroatoms. The smallest absolute Gasteiger partial charge is 0.127 e. The number of nitrogens with zero attached hydrogens (tertiary/aromatic N) is 1. The summed E-state index contributed by atoms with van der Waals surface area (Å²) in [5.41, 5.74) is 0.918. The van der Waals surface area contributed by atoms with E-state index in [0.29, 0.717) is 5.92 Å². The summed E-state index contributed by atoms with van der Waals surface area (Å²) in [6.07, 6.45) is 6.47. The van der Waals surface area contributed by atoms with Gasteiger partial charge in [-0.15, -0.1) is 12.4 Å². The van der Waals surface area contributed by atoms with Gasteiger partial charge in [-0.1, -0.05) is 37.5 Å². The molecule has 2 nitrogen and oxygen atoms in total. The van der Waals surface area contributed by atoms with Crippen LogP contribution < -0.4 is 5.32 Å². The van der Waals surface area contributed by atoms with E-state index in [4.69, 9.17) is 0 Å². The molecule has 1 aromatic rings. The highest BCUT2D eigenvalue weighted by Gasteiger charge is 2.32. The van der Waals surface area contributed by atoms with Crippen LogP contribution in [0.25, 0.3) is 0 Å². The maximum absolute atomic E-state index is 14.3. The Balaban J connectivity index is 0.00000161. The van der Waals surface area contributed by atoms with Crippen molar-refractivity contribution in [3.05, 3.63) is 35.6 Å². The van der Waals surface area contributed by atoms with E-state index < -0.39 is 0 Å². The lowest BCUT2D eigenvalue weighted by Crippen LogP contribution is -2.47. The van der Waals surface area contributed by atoms with E-state index in [1.54, 1.807) is 12.1 Å². The van der Waals surface area contributed by atoms with Crippen molar-refractivity contribution < 1.29 is 4.39 Å². The normalized spacial score (nSPS) is 22.5. The molecule has 1 atom stereocenters. The molecule has 118 valence electrons. The Kier molecular flexibility index (Phi) is 6.46. The number of halogens is 2. The fraction of sp³-hybridized carbons (Fsp3) is 0.647. The molecule has 21 heavy (non-hydrogen) atoms. The van der Waals surface area contributed by atoms with Crippen LogP contribution in [-0.2, 0) is 0 Å². The molecule has 2 fully saturated rings. The summed E-state index contributed by atoms with van der Waals surface area (Å²) in [5, 5.41) is 3.40. The molecule has 2 aliphatic rings. The standard InChI is InChI=1S/C17H25FN2.ClH/c18-16-9-5-4-8-15(16)17(14-6-2-1-3-7-14)20-12-10-19-11-13-20;/h4-5,8-9,14,17,19H,1-3,6-7,10-13H2;1H/t17-;/m0./s1. The molecule has 1 N–H and O–H groups in total. The van der Waals surface area contributed by atoms with Gasteiger partial charge in [-0.25, -0.2) is 4.39 Å². The Hall–Kier alpha value is -0.640. The monoisotopic (exact) mass is 312 g/mol. The summed E-state index contributed by atoms with van der Waals surface area (Å²) in [4.78, 5) is 2.50. The Morgan fingerprint density at radius 3 is 2.38 bits per heavy atom. The lowest BCUT2D eigenvalue weighted by Gasteiger charge is -2.41. The number of benzene rings is 1. The molecule has 0 amide bonds. The van der Waals surface area contributed by atoms with Crippen LogP contribution in [0.5, 0.6) is 0 Å². The third kappa shape index (κ3) is 3.97. The van der Waals surface area contributed by atoms with Crippen molar-refractivity contribution in [2.75, 3.05) is 26.2 Å². The van der Waals surface area contributed by atoms with E-state index in [2.05, 4.69) is 10.2 Å². The van der Waals surface area contributed by atoms with Crippen LogP contribution in [-0.4, -0.2) is 31.1 Å². The Morgan fingerprint density at radius 1 is 1.05 bits per heavy atom. The van der Waals surface area contributed by atoms with Crippen LogP contribution in [0.4, 0.5) is 4.39 Å². The molecule has 1 aliphatic carbocycles. The first-order valence-corrected chi connectivity index (χ1v) is 8.05. The summed E-state index contributed by atoms with van der Waals surface area (Å²) >= 11 is 0. The summed E-state index contributed by atoms with van der Waals surface area (Å²) in [6.45, 7) is 4.13. The largest absolute Gasteiger partial charge is 0.314 e. The molecule has 0 bridgehead atoms. The molecule has 1 saturated heterocycles. The highest BCUT2D eigenvalue weighted by molar-refractivity contribution is 5.85. The quantitative estimate of drug-likeness (QED) is 0.914. The Labute approximate surface area is 133 Å². The van der Waals surface area contributed by atoms with Crippen molar-refractivity contribution in [2.24, 2.45) is 5.92 Å². The van der Waals surface area contributed by atoms with Gasteiger partial charge in [0.05, 0.1) is 0 Å². The van der Waals surface area contributed by atoms with Crippen LogP contribution in [0.2, 0.25) is 0 Å². The van der Waals surface area contributed by atoms with Crippen molar-refractivity contribution in [2.45, 2.75) is 38.1 Å². The van der Waals surface area contributed by atoms with Gasteiger partial charge >= 0.3 is 0 Å². The highest BCUT2D eigenvalue weighted by Crippen LogP contribution is 2.39. The van der Waals surface area contributed by atoms with E-state index in [1.165, 1.54) is 32.1 Å². The van der Waals surface area contributed by atoms with Crippen LogP contribution in [0.3, 0.4) is 0 Å². The third-order valence-corrected chi connectivity index (χ3v) is 4.87. The fourth-order valence-corrected chi connectivity index (χ4v) is 3.87. The highest BCUT2D eigenvalue weighted by atomic mass is 35.5. The van der Waals surface area contributed by atoms with Gasteiger partial charge in [-0.2, -0.15) is 0 Å². The summed E-state index contributed by atoms with van der Waals surface area (Å²) in [6, 6.07) is 7.67. The molecule has 1 aromatic carbocycles. The number of hydrogen-bond donors (Lipinski definition) is 1. The van der Waals surface area contributed by atoms with Crippen LogP contribution in [0, 0.1) is 11.7 Å². The summed E-state index contributed by atoms with van der Waals surface area (Å²) in [7, 11) is 0. The van der Waals surface area contributed by atoms with E-state index in [0.717, 1.165) is 31.7 Å². The molecule has 1 heterocycles. The van der Waals surface area contributed by atoms with Gasteiger partial charge in [0.25, 0.3) is 0 Å². The van der Waals surface area contributed by atoms with Gasteiger partial charge in [-0.05, 0) is 24.8 Å². The average molecular weight is 313 g/mol. The molecule has 1 saturated carbocycles. The van der Waals surface area contributed by atoms with Crippen molar-refractivity contribution in [3.8, 4) is 0 Å². The minimum atomic E-state index is -0.0263. The average Bonchev–Trinajstić information content (AvgIpc) is 2.52. The first-order valence-electron chi connectivity index (χ1n) is 8.05. The molecule has 0 radical (unpaired) electrons. The molecule has 1 aliphatic heterocycles. The van der Waals surface area contributed by atoms with E-state index >= 15 is 0 Å². The molecule has 0 aromatic heterocycles. The number of nitrogens with one attached hydrogen (secondary N) is 1. The van der Waals surface area contributed by atoms with Crippen LogP contribution in [0.15, 0.2) is 24.3 Å². The molecular weight excluding hydrogens is 287 g/mol. The lowest BCUT2D eigenvalue weighted by atomic mass is 9.80. The third-order valence-electron chi connectivity index (χ3n) is 4.87. The van der Waals surface area contributed by atoms with E-state index in [1.807, 2.05) is 12.1 Å². The van der Waals surface area contributed by atoms with Crippen LogP contribution in [0.1, 0.15) is 43.7 Å². The fourth-order valence-electron chi connectivity index (χ4n) is 3.87. The molecular formula is C17H26ClFN2. The van der Waals surface area contributed by atoms with Gasteiger partial charge in [0.15, 0.2) is 0 Å². The number of hydrogen-bond acceptors (Lipinski definition) is 2. The maximum Gasteiger partial charge on any atom is 0.127 e. The summed E-state index contributed by atoms with van der Waals surface area (Å²) in [5.74, 6) is 0.598. The molecule has 0 unspecified atom stereocenters. The second kappa shape index (κ2) is 8.11. The predicted octanol–water partition coefficient (Wildman–Crippen LogP) is 3.77. The zero-order chi connectivity index (χ0) is 13.8. The second-order valence-electron chi connectivity index (χ2n) is 6.15. The molecule has 3 rings (SSSR count). The van der Waals surface area contributed by atoms with Gasteiger partial charge in [-0.3, -0.25) is 4.90 Å². The topological polar surface area (TPSA) is 15.3 Å².